The highest BCUT2D eigenvalue weighted by Gasteiger charge is 2.52. The molecule has 1 aromatic rings. The second-order valence-corrected chi connectivity index (χ2v) is 9.95. The molecule has 1 atom stereocenters. The Hall–Kier alpha value is -3.17. The van der Waals surface area contributed by atoms with Crippen molar-refractivity contribution in [3.05, 3.63) is 30.1 Å². The number of nitrogens with zero attached hydrogens (tertiary/aromatic N) is 2. The number of benzene rings is 1. The summed E-state index contributed by atoms with van der Waals surface area (Å²) in [5, 5.41) is 8.24. The van der Waals surface area contributed by atoms with E-state index in [-0.39, 0.29) is 24.3 Å². The molecule has 1 saturated carbocycles. The van der Waals surface area contributed by atoms with Crippen LogP contribution in [-0.4, -0.2) is 65.4 Å². The first-order valence-corrected chi connectivity index (χ1v) is 12.5. The number of amides is 6. The smallest absolute Gasteiger partial charge is 0.325 e. The van der Waals surface area contributed by atoms with Crippen LogP contribution in [0.1, 0.15) is 51.9 Å². The normalized spacial score (nSPS) is 26.6. The fourth-order valence-corrected chi connectivity index (χ4v) is 5.41. The first-order valence-electron chi connectivity index (χ1n) is 12.5. The topological polar surface area (TPSA) is 111 Å². The monoisotopic (exact) mass is 487 g/mol. The fourth-order valence-electron chi connectivity index (χ4n) is 5.41. The Bertz CT molecular complexity index is 978. The van der Waals surface area contributed by atoms with Crippen LogP contribution in [-0.2, 0) is 9.59 Å². The van der Waals surface area contributed by atoms with Crippen LogP contribution in [0.25, 0.3) is 0 Å². The van der Waals surface area contributed by atoms with E-state index in [1.165, 1.54) is 18.2 Å². The number of hydrogen-bond acceptors (Lipinski definition) is 4. The quantitative estimate of drug-likeness (QED) is 0.536. The van der Waals surface area contributed by atoms with Crippen molar-refractivity contribution >= 4 is 29.6 Å². The summed E-state index contributed by atoms with van der Waals surface area (Å²) in [4.78, 5) is 53.6. The maximum Gasteiger partial charge on any atom is 0.325 e. The van der Waals surface area contributed by atoms with E-state index in [0.29, 0.717) is 44.1 Å². The van der Waals surface area contributed by atoms with Crippen LogP contribution < -0.4 is 16.0 Å². The van der Waals surface area contributed by atoms with Crippen LogP contribution in [0.2, 0.25) is 0 Å². The number of likely N-dealkylation sites (tertiary alicyclic amines) is 1. The lowest BCUT2D eigenvalue weighted by Crippen LogP contribution is -2.51. The zero-order valence-electron chi connectivity index (χ0n) is 20.1. The van der Waals surface area contributed by atoms with Crippen molar-refractivity contribution in [1.29, 1.82) is 0 Å². The third-order valence-electron chi connectivity index (χ3n) is 7.58. The molecule has 2 saturated heterocycles. The van der Waals surface area contributed by atoms with Crippen molar-refractivity contribution < 1.29 is 23.6 Å². The van der Waals surface area contributed by atoms with Gasteiger partial charge in [-0.3, -0.25) is 14.5 Å². The average molecular weight is 488 g/mol. The number of imide groups is 1. The molecule has 2 heterocycles. The van der Waals surface area contributed by atoms with E-state index in [4.69, 9.17) is 0 Å². The zero-order chi connectivity index (χ0) is 25.0. The lowest BCUT2D eigenvalue weighted by atomic mass is 9.75. The van der Waals surface area contributed by atoms with Gasteiger partial charge in [-0.1, -0.05) is 19.4 Å². The molecule has 0 aromatic heterocycles. The molecule has 1 spiro atoms. The van der Waals surface area contributed by atoms with Gasteiger partial charge >= 0.3 is 12.1 Å². The average Bonchev–Trinajstić information content (AvgIpc) is 3.07. The Kier molecular flexibility index (Phi) is 7.57. The molecule has 190 valence electrons. The van der Waals surface area contributed by atoms with Gasteiger partial charge in [-0.15, -0.1) is 0 Å². The predicted molar refractivity (Wildman–Crippen MR) is 128 cm³/mol. The summed E-state index contributed by atoms with van der Waals surface area (Å²) in [5.74, 6) is -0.356. The lowest BCUT2D eigenvalue weighted by molar-refractivity contribution is -0.140. The molecular weight excluding hydrogens is 453 g/mol. The number of nitrogens with one attached hydrogen (secondary N) is 3. The first kappa shape index (κ1) is 24.9. The molecule has 3 fully saturated rings. The molecule has 35 heavy (non-hydrogen) atoms. The van der Waals surface area contributed by atoms with Gasteiger partial charge in [-0.25, -0.2) is 14.0 Å². The summed E-state index contributed by atoms with van der Waals surface area (Å²) in [6.07, 6.45) is 5.72. The molecule has 10 heteroatoms. The van der Waals surface area contributed by atoms with E-state index in [1.54, 1.807) is 11.0 Å². The Labute approximate surface area is 204 Å². The van der Waals surface area contributed by atoms with Gasteiger partial charge in [-0.2, -0.15) is 0 Å². The molecule has 3 aliphatic rings. The van der Waals surface area contributed by atoms with Crippen LogP contribution in [0.3, 0.4) is 0 Å². The number of carbonyl (C=O) groups excluding carboxylic acids is 4. The Morgan fingerprint density at radius 3 is 2.66 bits per heavy atom. The highest BCUT2D eigenvalue weighted by atomic mass is 19.1. The number of urea groups is 2. The molecule has 6 amide bonds. The number of anilines is 1. The van der Waals surface area contributed by atoms with Crippen LogP contribution in [0.15, 0.2) is 24.3 Å². The number of rotatable bonds is 6. The minimum absolute atomic E-state index is 0.0460. The van der Waals surface area contributed by atoms with E-state index in [2.05, 4.69) is 22.9 Å². The molecule has 0 radical (unpaired) electrons. The summed E-state index contributed by atoms with van der Waals surface area (Å²) in [7, 11) is 0. The van der Waals surface area contributed by atoms with E-state index in [0.717, 1.165) is 37.0 Å². The van der Waals surface area contributed by atoms with Crippen LogP contribution >= 0.6 is 0 Å². The van der Waals surface area contributed by atoms with Crippen molar-refractivity contribution in [1.82, 2.24) is 20.4 Å². The largest absolute Gasteiger partial charge is 0.341 e. The number of carbonyl (C=O) groups is 4. The first-order chi connectivity index (χ1) is 16.8. The standard InChI is InChI=1S/C25H34FN5O4/c1-2-17-8-10-25(11-9-17)22(33)31(24(35)29-25)16-21(32)30-12-4-5-18(15-30)14-27-23(34)28-20-7-3-6-19(26)13-20/h3,6-7,13,17-18H,2,4-5,8-12,14-16H2,1H3,(H,29,35)(H2,27,28,34). The van der Waals surface area contributed by atoms with Crippen LogP contribution in [0, 0.1) is 17.7 Å². The lowest BCUT2D eigenvalue weighted by Gasteiger charge is -2.35. The third-order valence-corrected chi connectivity index (χ3v) is 7.58. The van der Waals surface area contributed by atoms with Crippen molar-refractivity contribution in [2.75, 3.05) is 31.5 Å². The summed E-state index contributed by atoms with van der Waals surface area (Å²) < 4.78 is 13.3. The van der Waals surface area contributed by atoms with Gasteiger partial charge in [0.25, 0.3) is 5.91 Å². The SMILES string of the molecule is CCC1CCC2(CC1)NC(=O)N(CC(=O)N1CCCC(CNC(=O)Nc3cccc(F)c3)C1)C2=O. The van der Waals surface area contributed by atoms with Gasteiger partial charge < -0.3 is 20.9 Å². The third kappa shape index (κ3) is 5.74. The Morgan fingerprint density at radius 2 is 1.94 bits per heavy atom. The Morgan fingerprint density at radius 1 is 1.17 bits per heavy atom. The summed E-state index contributed by atoms with van der Waals surface area (Å²) >= 11 is 0. The van der Waals surface area contributed by atoms with E-state index in [9.17, 15) is 23.6 Å². The highest BCUT2D eigenvalue weighted by Crippen LogP contribution is 2.37. The van der Waals surface area contributed by atoms with Gasteiger partial charge in [0.05, 0.1) is 0 Å². The second-order valence-electron chi connectivity index (χ2n) is 9.95. The number of hydrogen-bond donors (Lipinski definition) is 3. The molecule has 0 bridgehead atoms. The van der Waals surface area contributed by atoms with Gasteiger partial charge in [0.15, 0.2) is 0 Å². The molecule has 4 rings (SSSR count). The van der Waals surface area contributed by atoms with E-state index in [1.807, 2.05) is 0 Å². The molecule has 1 unspecified atom stereocenters. The van der Waals surface area contributed by atoms with Gasteiger partial charge in [0.1, 0.15) is 17.9 Å². The van der Waals surface area contributed by atoms with Crippen molar-refractivity contribution in [3.63, 3.8) is 0 Å². The second kappa shape index (κ2) is 10.6. The van der Waals surface area contributed by atoms with E-state index >= 15 is 0 Å². The molecule has 2 aliphatic heterocycles. The number of piperidine rings is 1. The number of halogens is 1. The molecule has 1 aliphatic carbocycles. The van der Waals surface area contributed by atoms with Gasteiger partial charge in [0.2, 0.25) is 5.91 Å². The Balaban J connectivity index is 1.26. The minimum Gasteiger partial charge on any atom is -0.341 e. The van der Waals surface area contributed by atoms with Crippen molar-refractivity contribution in [2.24, 2.45) is 11.8 Å². The summed E-state index contributed by atoms with van der Waals surface area (Å²) in [6.45, 7) is 3.23. The van der Waals surface area contributed by atoms with Crippen LogP contribution in [0.4, 0.5) is 19.7 Å². The van der Waals surface area contributed by atoms with Gasteiger partial charge in [0, 0.05) is 25.3 Å². The molecule has 3 N–H and O–H groups in total. The summed E-state index contributed by atoms with van der Waals surface area (Å²) in [5.41, 5.74) is -0.496. The van der Waals surface area contributed by atoms with E-state index < -0.39 is 23.4 Å². The molecule has 9 nitrogen and oxygen atoms in total. The van der Waals surface area contributed by atoms with Crippen molar-refractivity contribution in [2.45, 2.75) is 57.4 Å². The van der Waals surface area contributed by atoms with Crippen molar-refractivity contribution in [3.8, 4) is 0 Å². The predicted octanol–water partition coefficient (Wildman–Crippen LogP) is 3.08. The maximum absolute atomic E-state index is 13.3. The maximum atomic E-state index is 13.3. The van der Waals surface area contributed by atoms with Crippen LogP contribution in [0.5, 0.6) is 0 Å². The zero-order valence-corrected chi connectivity index (χ0v) is 20.1. The minimum atomic E-state index is -0.855. The molecule has 1 aromatic carbocycles. The summed E-state index contributed by atoms with van der Waals surface area (Å²) in [6, 6.07) is 4.71. The molecular formula is C25H34FN5O4. The van der Waals surface area contributed by atoms with Gasteiger partial charge in [-0.05, 0) is 68.6 Å². The fraction of sp³-hybridized carbons (Fsp3) is 0.600. The highest BCUT2D eigenvalue weighted by molar-refractivity contribution is 6.09.